The highest BCUT2D eigenvalue weighted by Crippen LogP contribution is 2.23. The fourth-order valence-corrected chi connectivity index (χ4v) is 3.09. The number of nitrogens with zero attached hydrogens (tertiary/aromatic N) is 2. The summed E-state index contributed by atoms with van der Waals surface area (Å²) in [6.07, 6.45) is 0. The summed E-state index contributed by atoms with van der Waals surface area (Å²) >= 11 is 6.03. The smallest absolute Gasteiger partial charge is 0.335 e. The second-order valence-electron chi connectivity index (χ2n) is 5.62. The Hall–Kier alpha value is -2.42. The molecule has 2 N–H and O–H groups in total. The van der Waals surface area contributed by atoms with Gasteiger partial charge in [-0.15, -0.1) is 0 Å². The van der Waals surface area contributed by atoms with Crippen LogP contribution in [0.2, 0.25) is 5.02 Å². The first-order valence-corrected chi connectivity index (χ1v) is 9.31. The van der Waals surface area contributed by atoms with Crippen molar-refractivity contribution in [1.82, 2.24) is 4.31 Å². The van der Waals surface area contributed by atoms with Crippen LogP contribution in [0.5, 0.6) is 0 Å². The van der Waals surface area contributed by atoms with E-state index in [4.69, 9.17) is 16.7 Å². The van der Waals surface area contributed by atoms with Crippen LogP contribution in [0.15, 0.2) is 52.5 Å². The predicted molar refractivity (Wildman–Crippen MR) is 102 cm³/mol. The third kappa shape index (κ3) is 4.40. The molecule has 0 heterocycles. The Kier molecular flexibility index (Phi) is 6.01. The van der Waals surface area contributed by atoms with Crippen LogP contribution in [0.3, 0.4) is 0 Å². The number of nitrogens with one attached hydrogen (secondary N) is 1. The average molecular weight is 396 g/mol. The molecule has 2 aromatic carbocycles. The number of hydrazone groups is 1. The van der Waals surface area contributed by atoms with Crippen LogP contribution in [0.1, 0.15) is 22.8 Å². The second-order valence-corrected chi connectivity index (χ2v) is 8.18. The minimum atomic E-state index is -3.49. The molecule has 0 fully saturated rings. The highest BCUT2D eigenvalue weighted by molar-refractivity contribution is 7.89. The molecule has 0 aliphatic heterocycles. The molecular formula is C17H18ClN3O4S. The first kappa shape index (κ1) is 19.9. The van der Waals surface area contributed by atoms with Gasteiger partial charge in [0, 0.05) is 14.1 Å². The number of halogens is 1. The first-order chi connectivity index (χ1) is 12.1. The van der Waals surface area contributed by atoms with Gasteiger partial charge in [0.15, 0.2) is 0 Å². The molecule has 0 amide bonds. The lowest BCUT2D eigenvalue weighted by atomic mass is 10.1. The third-order valence-electron chi connectivity index (χ3n) is 3.61. The topological polar surface area (TPSA) is 99.1 Å². The summed E-state index contributed by atoms with van der Waals surface area (Å²) in [7, 11) is -0.554. The fourth-order valence-electron chi connectivity index (χ4n) is 2.03. The zero-order valence-electron chi connectivity index (χ0n) is 14.4. The number of anilines is 1. The molecule has 138 valence electrons. The van der Waals surface area contributed by atoms with E-state index in [0.717, 1.165) is 4.31 Å². The first-order valence-electron chi connectivity index (χ1n) is 7.49. The van der Waals surface area contributed by atoms with Gasteiger partial charge in [0.1, 0.15) is 0 Å². The Morgan fingerprint density at radius 2 is 1.69 bits per heavy atom. The molecule has 2 rings (SSSR count). The highest BCUT2D eigenvalue weighted by Gasteiger charge is 2.16. The minimum absolute atomic E-state index is 0.0861. The van der Waals surface area contributed by atoms with Gasteiger partial charge in [-0.2, -0.15) is 5.10 Å². The number of rotatable bonds is 6. The van der Waals surface area contributed by atoms with Crippen molar-refractivity contribution in [2.75, 3.05) is 19.5 Å². The number of benzene rings is 2. The van der Waals surface area contributed by atoms with Gasteiger partial charge in [-0.1, -0.05) is 23.7 Å². The Morgan fingerprint density at radius 1 is 1.12 bits per heavy atom. The average Bonchev–Trinajstić information content (AvgIpc) is 2.60. The van der Waals surface area contributed by atoms with Gasteiger partial charge < -0.3 is 5.11 Å². The molecule has 0 saturated heterocycles. The largest absolute Gasteiger partial charge is 0.478 e. The molecule has 0 saturated carbocycles. The lowest BCUT2D eigenvalue weighted by Crippen LogP contribution is -2.22. The Balaban J connectivity index is 2.23. The molecule has 0 radical (unpaired) electrons. The maximum Gasteiger partial charge on any atom is 0.335 e. The SMILES string of the molecule is C/C(=N/Nc1cc(C(=O)O)ccc1Cl)c1ccc(S(=O)(=O)N(C)C)cc1. The van der Waals surface area contributed by atoms with Crippen LogP contribution in [0, 0.1) is 0 Å². The van der Waals surface area contributed by atoms with Crippen LogP contribution < -0.4 is 5.43 Å². The lowest BCUT2D eigenvalue weighted by Gasteiger charge is -2.11. The molecule has 2 aromatic rings. The number of aromatic carboxylic acids is 1. The molecule has 0 aliphatic rings. The number of hydrogen-bond donors (Lipinski definition) is 2. The van der Waals surface area contributed by atoms with E-state index in [1.165, 1.54) is 44.4 Å². The van der Waals surface area contributed by atoms with Crippen molar-refractivity contribution >= 4 is 39.0 Å². The van der Waals surface area contributed by atoms with E-state index in [9.17, 15) is 13.2 Å². The van der Waals surface area contributed by atoms with Crippen molar-refractivity contribution in [2.45, 2.75) is 11.8 Å². The van der Waals surface area contributed by atoms with Crippen LogP contribution >= 0.6 is 11.6 Å². The zero-order chi connectivity index (χ0) is 19.5. The number of sulfonamides is 1. The molecule has 9 heteroatoms. The van der Waals surface area contributed by atoms with Gasteiger partial charge >= 0.3 is 5.97 Å². The summed E-state index contributed by atoms with van der Waals surface area (Å²) in [4.78, 5) is 11.2. The number of carboxylic acid groups (broad SMARTS) is 1. The fraction of sp³-hybridized carbons (Fsp3) is 0.176. The van der Waals surface area contributed by atoms with Crippen molar-refractivity contribution in [3.63, 3.8) is 0 Å². The normalized spacial score (nSPS) is 12.3. The summed E-state index contributed by atoms with van der Waals surface area (Å²) in [5.74, 6) is -1.07. The zero-order valence-corrected chi connectivity index (χ0v) is 16.0. The number of carboxylic acids is 1. The summed E-state index contributed by atoms with van der Waals surface area (Å²) in [5.41, 5.74) is 4.47. The van der Waals surface area contributed by atoms with Gasteiger partial charge in [-0.3, -0.25) is 5.43 Å². The van der Waals surface area contributed by atoms with E-state index in [0.29, 0.717) is 22.0 Å². The molecule has 0 unspecified atom stereocenters. The number of carbonyl (C=O) groups is 1. The van der Waals surface area contributed by atoms with Gasteiger partial charge in [0.25, 0.3) is 0 Å². The second kappa shape index (κ2) is 7.86. The maximum absolute atomic E-state index is 12.1. The molecule has 0 aromatic heterocycles. The summed E-state index contributed by atoms with van der Waals surface area (Å²) in [5, 5.41) is 13.5. The lowest BCUT2D eigenvalue weighted by molar-refractivity contribution is 0.0697. The van der Waals surface area contributed by atoms with Gasteiger partial charge in [0.2, 0.25) is 10.0 Å². The van der Waals surface area contributed by atoms with Crippen molar-refractivity contribution in [3.8, 4) is 0 Å². The van der Waals surface area contributed by atoms with E-state index in [-0.39, 0.29) is 10.5 Å². The summed E-state index contributed by atoms with van der Waals surface area (Å²) < 4.78 is 25.3. The van der Waals surface area contributed by atoms with Gasteiger partial charge in [-0.05, 0) is 42.8 Å². The third-order valence-corrected chi connectivity index (χ3v) is 5.77. The Morgan fingerprint density at radius 3 is 2.23 bits per heavy atom. The van der Waals surface area contributed by atoms with Crippen molar-refractivity contribution in [2.24, 2.45) is 5.10 Å². The molecule has 7 nitrogen and oxygen atoms in total. The highest BCUT2D eigenvalue weighted by atomic mass is 35.5. The monoisotopic (exact) mass is 395 g/mol. The number of hydrogen-bond acceptors (Lipinski definition) is 5. The van der Waals surface area contributed by atoms with E-state index in [1.807, 2.05) is 0 Å². The Bertz CT molecular complexity index is 954. The molecule has 0 aliphatic carbocycles. The van der Waals surface area contributed by atoms with E-state index in [2.05, 4.69) is 10.5 Å². The van der Waals surface area contributed by atoms with Gasteiger partial charge in [-0.25, -0.2) is 17.5 Å². The standard InChI is InChI=1S/C17H18ClN3O4S/c1-11(12-4-7-14(8-5-12)26(24,25)21(2)3)19-20-16-10-13(17(22)23)6-9-15(16)18/h4-10,20H,1-3H3,(H,22,23)/b19-11-. The van der Waals surface area contributed by atoms with Crippen LogP contribution in [0.4, 0.5) is 5.69 Å². The van der Waals surface area contributed by atoms with Crippen molar-refractivity contribution in [3.05, 3.63) is 58.6 Å². The molecule has 0 bridgehead atoms. The maximum atomic E-state index is 12.1. The van der Waals surface area contributed by atoms with E-state index in [1.54, 1.807) is 19.1 Å². The van der Waals surface area contributed by atoms with Gasteiger partial charge in [0.05, 0.1) is 26.9 Å². The molecule has 0 spiro atoms. The quantitative estimate of drug-likeness (QED) is 0.578. The molecule has 26 heavy (non-hydrogen) atoms. The summed E-state index contributed by atoms with van der Waals surface area (Å²) in [6, 6.07) is 10.5. The van der Waals surface area contributed by atoms with Crippen LogP contribution in [-0.2, 0) is 10.0 Å². The van der Waals surface area contributed by atoms with E-state index >= 15 is 0 Å². The van der Waals surface area contributed by atoms with Crippen molar-refractivity contribution < 1.29 is 18.3 Å². The predicted octanol–water partition coefficient (Wildman–Crippen LogP) is 3.12. The molecule has 0 atom stereocenters. The van der Waals surface area contributed by atoms with Crippen LogP contribution in [0.25, 0.3) is 0 Å². The van der Waals surface area contributed by atoms with Crippen LogP contribution in [-0.4, -0.2) is 43.6 Å². The summed E-state index contributed by atoms with van der Waals surface area (Å²) in [6.45, 7) is 1.73. The van der Waals surface area contributed by atoms with Crippen molar-refractivity contribution in [1.29, 1.82) is 0 Å². The minimum Gasteiger partial charge on any atom is -0.478 e. The van der Waals surface area contributed by atoms with E-state index < -0.39 is 16.0 Å². The molecular weight excluding hydrogens is 378 g/mol. The Labute approximate surface area is 157 Å².